The number of hydrogen-bond acceptors (Lipinski definition) is 5. The lowest BCUT2D eigenvalue weighted by atomic mass is 9.97. The van der Waals surface area contributed by atoms with Gasteiger partial charge in [-0.1, -0.05) is 0 Å². The number of aromatic nitrogens is 1. The monoisotopic (exact) mass is 364 g/mol. The number of fused-ring (bicyclic) bond motifs is 1. The minimum Gasteiger partial charge on any atom is -0.423 e. The van der Waals surface area contributed by atoms with Gasteiger partial charge in [0.1, 0.15) is 5.58 Å². The molecule has 4 rings (SSSR count). The van der Waals surface area contributed by atoms with Crippen molar-refractivity contribution in [3.8, 4) is 0 Å². The van der Waals surface area contributed by atoms with E-state index < -0.39 is 0 Å². The van der Waals surface area contributed by atoms with Gasteiger partial charge in [0.25, 0.3) is 0 Å². The van der Waals surface area contributed by atoms with Crippen molar-refractivity contribution >= 4 is 11.0 Å². The highest BCUT2D eigenvalue weighted by molar-refractivity contribution is 5.81. The molecule has 3 heterocycles. The molecule has 5 nitrogen and oxygen atoms in total. The minimum absolute atomic E-state index is 0.183. The zero-order chi connectivity index (χ0) is 19.0. The average molecular weight is 364 g/mol. The molecular weight excluding hydrogens is 340 g/mol. The maximum atomic E-state index is 12.0. The van der Waals surface area contributed by atoms with Gasteiger partial charge in [-0.2, -0.15) is 0 Å². The highest BCUT2D eigenvalue weighted by Crippen LogP contribution is 2.26. The largest absolute Gasteiger partial charge is 0.423 e. The van der Waals surface area contributed by atoms with Crippen molar-refractivity contribution in [3.63, 3.8) is 0 Å². The number of aliphatic hydroxyl groups excluding tert-OH is 1. The maximum Gasteiger partial charge on any atom is 0.336 e. The molecule has 1 aliphatic heterocycles. The fourth-order valence-electron chi connectivity index (χ4n) is 3.95. The Bertz CT molecular complexity index is 1010. The van der Waals surface area contributed by atoms with Crippen LogP contribution in [0.2, 0.25) is 0 Å². The van der Waals surface area contributed by atoms with E-state index in [0.29, 0.717) is 18.7 Å². The van der Waals surface area contributed by atoms with E-state index in [4.69, 9.17) is 4.42 Å². The lowest BCUT2D eigenvalue weighted by molar-refractivity contribution is 0.141. The van der Waals surface area contributed by atoms with Crippen molar-refractivity contribution in [3.05, 3.63) is 75.4 Å². The van der Waals surface area contributed by atoms with Crippen molar-refractivity contribution in [2.45, 2.75) is 32.9 Å². The Morgan fingerprint density at radius 2 is 1.89 bits per heavy atom. The van der Waals surface area contributed by atoms with Gasteiger partial charge in [0.2, 0.25) is 0 Å². The van der Waals surface area contributed by atoms with Crippen LogP contribution in [-0.2, 0) is 13.0 Å². The van der Waals surface area contributed by atoms with Crippen molar-refractivity contribution < 1.29 is 9.52 Å². The van der Waals surface area contributed by atoms with Crippen molar-refractivity contribution in [1.82, 2.24) is 9.88 Å². The first-order valence-electron chi connectivity index (χ1n) is 9.33. The van der Waals surface area contributed by atoms with Gasteiger partial charge in [0.05, 0.1) is 6.10 Å². The number of aliphatic hydroxyl groups is 1. The SMILES string of the molecule is Cc1cc2oc(=O)cc(CN3C[C@@H](Cc4ccncc4)[C@H](O)C3)c2cc1C. The Balaban J connectivity index is 1.56. The van der Waals surface area contributed by atoms with Gasteiger partial charge in [-0.3, -0.25) is 9.88 Å². The third-order valence-corrected chi connectivity index (χ3v) is 5.57. The Kier molecular flexibility index (Phi) is 4.81. The number of nitrogens with zero attached hydrogens (tertiary/aromatic N) is 2. The van der Waals surface area contributed by atoms with Gasteiger partial charge in [-0.15, -0.1) is 0 Å². The van der Waals surface area contributed by atoms with E-state index in [0.717, 1.165) is 29.5 Å². The highest BCUT2D eigenvalue weighted by Gasteiger charge is 2.31. The molecular formula is C22H24N2O3. The molecule has 0 radical (unpaired) electrons. The van der Waals surface area contributed by atoms with Gasteiger partial charge in [-0.25, -0.2) is 4.79 Å². The second-order valence-corrected chi connectivity index (χ2v) is 7.60. The summed E-state index contributed by atoms with van der Waals surface area (Å²) in [7, 11) is 0. The van der Waals surface area contributed by atoms with Crippen molar-refractivity contribution in [2.24, 2.45) is 5.92 Å². The molecule has 2 atom stereocenters. The zero-order valence-electron chi connectivity index (χ0n) is 15.7. The van der Waals surface area contributed by atoms with E-state index >= 15 is 0 Å². The first kappa shape index (κ1) is 17.9. The Labute approximate surface area is 158 Å². The van der Waals surface area contributed by atoms with Crippen LogP contribution in [0.25, 0.3) is 11.0 Å². The standard InChI is InChI=1S/C22H24N2O3/c1-14-7-19-17(10-22(26)27-21(19)8-15(14)2)11-24-12-18(20(25)13-24)9-16-3-5-23-6-4-16/h3-8,10,18,20,25H,9,11-13H2,1-2H3/t18-,20-/m1/s1. The van der Waals surface area contributed by atoms with Crippen LogP contribution in [0.1, 0.15) is 22.3 Å². The van der Waals surface area contributed by atoms with Crippen LogP contribution in [0.15, 0.2) is 51.9 Å². The first-order chi connectivity index (χ1) is 13.0. The predicted octanol–water partition coefficient (Wildman–Crippen LogP) is 2.84. The number of hydrogen-bond donors (Lipinski definition) is 1. The van der Waals surface area contributed by atoms with Crippen LogP contribution in [0.3, 0.4) is 0 Å². The van der Waals surface area contributed by atoms with Crippen LogP contribution >= 0.6 is 0 Å². The molecule has 0 amide bonds. The molecule has 3 aromatic rings. The normalized spacial score (nSPS) is 20.4. The number of likely N-dealkylation sites (tertiary alicyclic amines) is 1. The van der Waals surface area contributed by atoms with E-state index in [1.54, 1.807) is 18.5 Å². The van der Waals surface area contributed by atoms with Crippen molar-refractivity contribution in [1.29, 1.82) is 0 Å². The topological polar surface area (TPSA) is 66.6 Å². The highest BCUT2D eigenvalue weighted by atomic mass is 16.4. The fourth-order valence-corrected chi connectivity index (χ4v) is 3.95. The molecule has 140 valence electrons. The molecule has 0 bridgehead atoms. The van der Waals surface area contributed by atoms with E-state index in [1.807, 2.05) is 25.1 Å². The maximum absolute atomic E-state index is 12.0. The Hall–Kier alpha value is -2.50. The quantitative estimate of drug-likeness (QED) is 0.721. The molecule has 2 aromatic heterocycles. The number of rotatable bonds is 4. The lowest BCUT2D eigenvalue weighted by Crippen LogP contribution is -2.22. The summed E-state index contributed by atoms with van der Waals surface area (Å²) < 4.78 is 5.39. The number of benzene rings is 1. The van der Waals surface area contributed by atoms with E-state index in [-0.39, 0.29) is 17.6 Å². The average Bonchev–Trinajstić information content (AvgIpc) is 2.96. The fraction of sp³-hybridized carbons (Fsp3) is 0.364. The second kappa shape index (κ2) is 7.25. The second-order valence-electron chi connectivity index (χ2n) is 7.60. The summed E-state index contributed by atoms with van der Waals surface area (Å²) >= 11 is 0. The lowest BCUT2D eigenvalue weighted by Gasteiger charge is -2.17. The van der Waals surface area contributed by atoms with Gasteiger partial charge in [-0.05, 0) is 66.8 Å². The summed E-state index contributed by atoms with van der Waals surface area (Å²) in [6.45, 7) is 6.13. The molecule has 1 fully saturated rings. The Morgan fingerprint density at radius 1 is 1.15 bits per heavy atom. The van der Waals surface area contributed by atoms with E-state index in [1.165, 1.54) is 11.1 Å². The van der Waals surface area contributed by atoms with Gasteiger partial charge >= 0.3 is 5.63 Å². The smallest absolute Gasteiger partial charge is 0.336 e. The van der Waals surface area contributed by atoms with Crippen molar-refractivity contribution in [2.75, 3.05) is 13.1 Å². The molecule has 0 spiro atoms. The number of β-amino-alcohol motifs (C(OH)–C–C–N with tert-alkyl or cyclic N) is 1. The van der Waals surface area contributed by atoms with Crippen LogP contribution in [0.5, 0.6) is 0 Å². The number of aryl methyl sites for hydroxylation is 2. The molecule has 0 unspecified atom stereocenters. The summed E-state index contributed by atoms with van der Waals surface area (Å²) in [5, 5.41) is 11.5. The van der Waals surface area contributed by atoms with Crippen LogP contribution in [0, 0.1) is 19.8 Å². The molecule has 1 N–H and O–H groups in total. The summed E-state index contributed by atoms with van der Waals surface area (Å²) in [6.07, 6.45) is 4.03. The summed E-state index contributed by atoms with van der Waals surface area (Å²) in [6, 6.07) is 9.59. The van der Waals surface area contributed by atoms with E-state index in [9.17, 15) is 9.90 Å². The molecule has 5 heteroatoms. The third-order valence-electron chi connectivity index (χ3n) is 5.57. The van der Waals surface area contributed by atoms with E-state index in [2.05, 4.69) is 22.9 Å². The zero-order valence-corrected chi connectivity index (χ0v) is 15.7. The van der Waals surface area contributed by atoms with Gasteiger partial charge < -0.3 is 9.52 Å². The summed E-state index contributed by atoms with van der Waals surface area (Å²) in [5.41, 5.74) is 4.74. The predicted molar refractivity (Wildman–Crippen MR) is 105 cm³/mol. The van der Waals surface area contributed by atoms with Crippen LogP contribution in [-0.4, -0.2) is 34.2 Å². The minimum atomic E-state index is -0.367. The summed E-state index contributed by atoms with van der Waals surface area (Å²) in [5.74, 6) is 0.183. The molecule has 0 aliphatic carbocycles. The molecule has 27 heavy (non-hydrogen) atoms. The first-order valence-corrected chi connectivity index (χ1v) is 9.33. The molecule has 1 saturated heterocycles. The molecule has 1 aromatic carbocycles. The number of pyridine rings is 1. The summed E-state index contributed by atoms with van der Waals surface area (Å²) in [4.78, 5) is 18.3. The van der Waals surface area contributed by atoms with Crippen LogP contribution < -0.4 is 5.63 Å². The molecule has 0 saturated carbocycles. The van der Waals surface area contributed by atoms with Gasteiger partial charge in [0, 0.05) is 49.4 Å². The third kappa shape index (κ3) is 3.80. The Morgan fingerprint density at radius 3 is 2.67 bits per heavy atom. The van der Waals surface area contributed by atoms with Gasteiger partial charge in [0.15, 0.2) is 0 Å². The molecule has 1 aliphatic rings. The van der Waals surface area contributed by atoms with Crippen LogP contribution in [0.4, 0.5) is 0 Å².